The summed E-state index contributed by atoms with van der Waals surface area (Å²) < 4.78 is 4.93. The molecule has 4 heteroatoms. The molecule has 0 saturated carbocycles. The number of nitrogens with zero attached hydrogens (tertiary/aromatic N) is 2. The molecular formula is C16H32N2O2. The molecule has 0 aliphatic carbocycles. The highest BCUT2D eigenvalue weighted by Crippen LogP contribution is 2.10. The Morgan fingerprint density at radius 3 is 2.40 bits per heavy atom. The highest BCUT2D eigenvalue weighted by molar-refractivity contribution is 5.69. The lowest BCUT2D eigenvalue weighted by atomic mass is 10.1. The quantitative estimate of drug-likeness (QED) is 0.481. The van der Waals surface area contributed by atoms with Crippen LogP contribution in [-0.4, -0.2) is 61.1 Å². The largest absolute Gasteiger partial charge is 0.466 e. The molecule has 4 nitrogen and oxygen atoms in total. The number of hydrogen-bond acceptors (Lipinski definition) is 4. The van der Waals surface area contributed by atoms with Crippen molar-refractivity contribution < 1.29 is 9.53 Å². The number of unbranched alkanes of at least 4 members (excludes halogenated alkanes) is 2. The first-order valence-electron chi connectivity index (χ1n) is 8.29. The third-order valence-electron chi connectivity index (χ3n) is 4.28. The average Bonchev–Trinajstić information content (AvgIpc) is 2.47. The molecule has 1 atom stereocenters. The first-order chi connectivity index (χ1) is 9.67. The summed E-state index contributed by atoms with van der Waals surface area (Å²) in [6.45, 7) is 12.9. The van der Waals surface area contributed by atoms with Crippen LogP contribution in [0.1, 0.15) is 52.9 Å². The van der Waals surface area contributed by atoms with Crippen LogP contribution >= 0.6 is 0 Å². The molecule has 0 aromatic heterocycles. The molecule has 0 aromatic rings. The molecule has 1 heterocycles. The maximum absolute atomic E-state index is 11.2. The lowest BCUT2D eigenvalue weighted by Crippen LogP contribution is -2.49. The van der Waals surface area contributed by atoms with Crippen LogP contribution in [0.25, 0.3) is 0 Å². The van der Waals surface area contributed by atoms with Crippen molar-refractivity contribution >= 4 is 5.97 Å². The molecule has 0 aromatic carbocycles. The summed E-state index contributed by atoms with van der Waals surface area (Å²) in [5.74, 6) is -0.0466. The van der Waals surface area contributed by atoms with E-state index in [-0.39, 0.29) is 5.97 Å². The molecule has 1 aliphatic rings. The van der Waals surface area contributed by atoms with Crippen LogP contribution in [0.4, 0.5) is 0 Å². The van der Waals surface area contributed by atoms with E-state index in [4.69, 9.17) is 4.74 Å². The van der Waals surface area contributed by atoms with E-state index < -0.39 is 0 Å². The van der Waals surface area contributed by atoms with Gasteiger partial charge in [-0.1, -0.05) is 13.3 Å². The van der Waals surface area contributed by atoms with Crippen molar-refractivity contribution in [3.05, 3.63) is 0 Å². The van der Waals surface area contributed by atoms with Gasteiger partial charge in [0, 0.05) is 38.6 Å². The van der Waals surface area contributed by atoms with Gasteiger partial charge in [0.2, 0.25) is 0 Å². The lowest BCUT2D eigenvalue weighted by Gasteiger charge is -2.37. The highest BCUT2D eigenvalue weighted by Gasteiger charge is 2.19. The van der Waals surface area contributed by atoms with Crippen molar-refractivity contribution in [2.45, 2.75) is 58.9 Å². The molecule has 0 spiro atoms. The normalized spacial score (nSPS) is 18.9. The zero-order valence-corrected chi connectivity index (χ0v) is 13.6. The molecule has 1 unspecified atom stereocenters. The Labute approximate surface area is 124 Å². The number of ether oxygens (including phenoxy) is 1. The van der Waals surface area contributed by atoms with Crippen molar-refractivity contribution in [3.63, 3.8) is 0 Å². The maximum Gasteiger partial charge on any atom is 0.305 e. The third kappa shape index (κ3) is 6.71. The Balaban J connectivity index is 2.00. The minimum absolute atomic E-state index is 0.0466. The number of piperazine rings is 1. The van der Waals surface area contributed by atoms with Crippen LogP contribution in [0, 0.1) is 0 Å². The molecule has 1 fully saturated rings. The van der Waals surface area contributed by atoms with Gasteiger partial charge in [0.1, 0.15) is 0 Å². The summed E-state index contributed by atoms with van der Waals surface area (Å²) in [7, 11) is 0. The van der Waals surface area contributed by atoms with Gasteiger partial charge in [-0.2, -0.15) is 0 Å². The van der Waals surface area contributed by atoms with Gasteiger partial charge < -0.3 is 9.64 Å². The van der Waals surface area contributed by atoms with Crippen molar-refractivity contribution in [3.8, 4) is 0 Å². The molecule has 20 heavy (non-hydrogen) atoms. The van der Waals surface area contributed by atoms with E-state index in [9.17, 15) is 4.79 Å². The number of carbonyl (C=O) groups is 1. The summed E-state index contributed by atoms with van der Waals surface area (Å²) in [5, 5.41) is 0. The Kier molecular flexibility index (Phi) is 8.86. The van der Waals surface area contributed by atoms with Gasteiger partial charge in [0.15, 0.2) is 0 Å². The van der Waals surface area contributed by atoms with E-state index in [2.05, 4.69) is 23.6 Å². The Morgan fingerprint density at radius 1 is 1.10 bits per heavy atom. The molecule has 1 aliphatic heterocycles. The molecule has 1 rings (SSSR count). The summed E-state index contributed by atoms with van der Waals surface area (Å²) in [4.78, 5) is 16.4. The van der Waals surface area contributed by atoms with Crippen LogP contribution in [0.5, 0.6) is 0 Å². The molecule has 0 radical (unpaired) electrons. The summed E-state index contributed by atoms with van der Waals surface area (Å²) in [6.07, 6.45) is 5.11. The van der Waals surface area contributed by atoms with E-state index in [1.807, 2.05) is 6.92 Å². The van der Waals surface area contributed by atoms with Crippen LogP contribution < -0.4 is 0 Å². The van der Waals surface area contributed by atoms with Crippen molar-refractivity contribution in [1.29, 1.82) is 0 Å². The van der Waals surface area contributed by atoms with E-state index in [0.29, 0.717) is 13.0 Å². The van der Waals surface area contributed by atoms with Crippen LogP contribution in [-0.2, 0) is 9.53 Å². The predicted molar refractivity (Wildman–Crippen MR) is 82.9 cm³/mol. The van der Waals surface area contributed by atoms with Crippen molar-refractivity contribution in [2.75, 3.05) is 39.3 Å². The minimum atomic E-state index is -0.0466. The topological polar surface area (TPSA) is 32.8 Å². The van der Waals surface area contributed by atoms with Gasteiger partial charge in [0.05, 0.1) is 6.61 Å². The van der Waals surface area contributed by atoms with Gasteiger partial charge >= 0.3 is 5.97 Å². The smallest absolute Gasteiger partial charge is 0.305 e. The van der Waals surface area contributed by atoms with Gasteiger partial charge in [-0.05, 0) is 39.7 Å². The van der Waals surface area contributed by atoms with Crippen molar-refractivity contribution in [2.24, 2.45) is 0 Å². The molecule has 118 valence electrons. The summed E-state index contributed by atoms with van der Waals surface area (Å²) in [6, 6.07) is 0.724. The first-order valence-corrected chi connectivity index (χ1v) is 8.29. The second kappa shape index (κ2) is 10.2. The second-order valence-electron chi connectivity index (χ2n) is 5.75. The molecule has 1 saturated heterocycles. The van der Waals surface area contributed by atoms with Crippen LogP contribution in [0.2, 0.25) is 0 Å². The lowest BCUT2D eigenvalue weighted by molar-refractivity contribution is -0.143. The minimum Gasteiger partial charge on any atom is -0.466 e. The van der Waals surface area contributed by atoms with E-state index >= 15 is 0 Å². The zero-order valence-electron chi connectivity index (χ0n) is 13.6. The van der Waals surface area contributed by atoms with Crippen LogP contribution in [0.15, 0.2) is 0 Å². The van der Waals surface area contributed by atoms with Gasteiger partial charge in [-0.15, -0.1) is 0 Å². The fourth-order valence-electron chi connectivity index (χ4n) is 2.70. The Morgan fingerprint density at radius 2 is 1.80 bits per heavy atom. The fraction of sp³-hybridized carbons (Fsp3) is 0.938. The second-order valence-corrected chi connectivity index (χ2v) is 5.75. The van der Waals surface area contributed by atoms with Gasteiger partial charge in [-0.3, -0.25) is 9.69 Å². The van der Waals surface area contributed by atoms with E-state index in [1.165, 1.54) is 45.6 Å². The highest BCUT2D eigenvalue weighted by atomic mass is 16.5. The van der Waals surface area contributed by atoms with Gasteiger partial charge in [0.25, 0.3) is 0 Å². The van der Waals surface area contributed by atoms with Crippen LogP contribution in [0.3, 0.4) is 0 Å². The Hall–Kier alpha value is -0.610. The zero-order chi connectivity index (χ0) is 14.8. The Bertz CT molecular complexity index is 263. The molecule has 0 N–H and O–H groups in total. The first kappa shape index (κ1) is 17.4. The summed E-state index contributed by atoms with van der Waals surface area (Å²) in [5.41, 5.74) is 0. The van der Waals surface area contributed by atoms with Crippen molar-refractivity contribution in [1.82, 2.24) is 9.80 Å². The van der Waals surface area contributed by atoms with E-state index in [1.54, 1.807) is 0 Å². The standard InChI is InChI=1S/C16H32N2O2/c1-4-15(3)18-13-11-17(12-14-18)10-8-6-7-9-16(19)20-5-2/h15H,4-14H2,1-3H3. The molecule has 0 amide bonds. The monoisotopic (exact) mass is 284 g/mol. The number of hydrogen-bond donors (Lipinski definition) is 0. The molecular weight excluding hydrogens is 252 g/mol. The summed E-state index contributed by atoms with van der Waals surface area (Å²) >= 11 is 0. The van der Waals surface area contributed by atoms with Gasteiger partial charge in [-0.25, -0.2) is 0 Å². The average molecular weight is 284 g/mol. The van der Waals surface area contributed by atoms with E-state index in [0.717, 1.165) is 18.9 Å². The SMILES string of the molecule is CCOC(=O)CCCCCN1CCN(C(C)CC)CC1. The number of rotatable bonds is 9. The fourth-order valence-corrected chi connectivity index (χ4v) is 2.70. The number of esters is 1. The maximum atomic E-state index is 11.2. The number of carbonyl (C=O) groups excluding carboxylic acids is 1. The third-order valence-corrected chi connectivity index (χ3v) is 4.28. The predicted octanol–water partition coefficient (Wildman–Crippen LogP) is 2.53. The molecule has 0 bridgehead atoms.